The van der Waals surface area contributed by atoms with Crippen molar-refractivity contribution in [3.63, 3.8) is 0 Å². The minimum atomic E-state index is -3.70. The summed E-state index contributed by atoms with van der Waals surface area (Å²) >= 11 is 1.46. The van der Waals surface area contributed by atoms with Gasteiger partial charge in [-0.3, -0.25) is 24.4 Å². The fourth-order valence-electron chi connectivity index (χ4n) is 10.1. The third-order valence-corrected chi connectivity index (χ3v) is 16.7. The molecule has 1 saturated carbocycles. The summed E-state index contributed by atoms with van der Waals surface area (Å²) in [5, 5.41) is 8.18. The largest absolute Gasteiger partial charge is 0.371 e. The number of hydrogen-bond acceptors (Lipinski definition) is 12. The third kappa shape index (κ3) is 9.55. The van der Waals surface area contributed by atoms with E-state index in [4.69, 9.17) is 9.97 Å². The molecule has 9 rings (SSSR count). The Kier molecular flexibility index (Phi) is 12.3. The molecule has 1 spiro atoms. The molecule has 5 aromatic rings. The predicted octanol–water partition coefficient (Wildman–Crippen LogP) is 7.72. The Morgan fingerprint density at radius 1 is 0.969 bits per heavy atom. The molecule has 2 amide bonds. The van der Waals surface area contributed by atoms with E-state index in [2.05, 4.69) is 57.0 Å². The highest BCUT2D eigenvalue weighted by Gasteiger charge is 2.46. The first-order valence-corrected chi connectivity index (χ1v) is 25.4. The smallest absolute Gasteiger partial charge is 0.259 e. The normalized spacial score (nSPS) is 20.0. The summed E-state index contributed by atoms with van der Waals surface area (Å²) in [5.41, 5.74) is 2.07. The van der Waals surface area contributed by atoms with Crippen LogP contribution in [0, 0.1) is 17.2 Å². The average molecular weight is 924 g/mol. The van der Waals surface area contributed by atoms with Crippen molar-refractivity contribution in [2.45, 2.75) is 103 Å². The number of nitrogens with zero attached hydrogens (tertiary/aromatic N) is 6. The number of fused-ring (bicyclic) bond motifs is 1. The molecule has 14 nitrogen and oxygen atoms in total. The molecule has 4 fully saturated rings. The minimum Gasteiger partial charge on any atom is -0.371 e. The van der Waals surface area contributed by atoms with Crippen molar-refractivity contribution in [1.29, 1.82) is 0 Å². The fourth-order valence-corrected chi connectivity index (χ4v) is 12.3. The van der Waals surface area contributed by atoms with Gasteiger partial charge in [0.1, 0.15) is 6.04 Å². The van der Waals surface area contributed by atoms with Crippen molar-refractivity contribution in [2.24, 2.45) is 11.3 Å². The number of sulfonamides is 1. The van der Waals surface area contributed by atoms with Gasteiger partial charge in [-0.25, -0.2) is 27.8 Å². The Balaban J connectivity index is 0.777. The number of thiazole rings is 1. The molecule has 6 heterocycles. The van der Waals surface area contributed by atoms with E-state index < -0.39 is 27.8 Å². The molecule has 17 heteroatoms. The Labute approximate surface area is 383 Å². The van der Waals surface area contributed by atoms with E-state index in [0.29, 0.717) is 51.8 Å². The topological polar surface area (TPSA) is 172 Å². The number of aromatic nitrogens is 4. The summed E-state index contributed by atoms with van der Waals surface area (Å²) in [6, 6.07) is 14.0. The summed E-state index contributed by atoms with van der Waals surface area (Å²) in [5.74, 6) is -0.335. The second-order valence-electron chi connectivity index (χ2n) is 19.5. The van der Waals surface area contributed by atoms with Crippen LogP contribution in [0.2, 0.25) is 0 Å². The number of piperidine rings is 3. The molecule has 3 saturated heterocycles. The van der Waals surface area contributed by atoms with Crippen LogP contribution in [-0.2, 0) is 25.0 Å². The number of amides is 2. The number of carbonyl (C=O) groups excluding carboxylic acids is 2. The number of imide groups is 1. The van der Waals surface area contributed by atoms with Gasteiger partial charge in [-0.05, 0) is 124 Å². The summed E-state index contributed by atoms with van der Waals surface area (Å²) < 4.78 is 45.1. The van der Waals surface area contributed by atoms with Crippen LogP contribution in [0.25, 0.3) is 32.6 Å². The van der Waals surface area contributed by atoms with Gasteiger partial charge >= 0.3 is 0 Å². The molecule has 3 N–H and O–H groups in total. The molecular formula is C48H58FN9O5S2. The van der Waals surface area contributed by atoms with E-state index in [-0.39, 0.29) is 46.3 Å². The lowest BCUT2D eigenvalue weighted by atomic mass is 9.60. The van der Waals surface area contributed by atoms with Crippen LogP contribution < -0.4 is 25.8 Å². The van der Waals surface area contributed by atoms with Gasteiger partial charge in [-0.2, -0.15) is 0 Å². The fraction of sp³-hybridized carbons (Fsp3) is 0.500. The van der Waals surface area contributed by atoms with Gasteiger partial charge in [0.25, 0.3) is 5.56 Å². The number of anilines is 3. The summed E-state index contributed by atoms with van der Waals surface area (Å²) in [6.07, 6.45) is 11.1. The Hall–Kier alpha value is -5.26. The second kappa shape index (κ2) is 17.9. The van der Waals surface area contributed by atoms with E-state index in [1.54, 1.807) is 31.5 Å². The van der Waals surface area contributed by atoms with Crippen LogP contribution in [0.1, 0.15) is 96.5 Å². The molecule has 3 aliphatic heterocycles. The van der Waals surface area contributed by atoms with Crippen molar-refractivity contribution in [3.8, 4) is 21.8 Å². The first-order valence-electron chi connectivity index (χ1n) is 22.9. The molecule has 65 heavy (non-hydrogen) atoms. The van der Waals surface area contributed by atoms with Gasteiger partial charge in [0.05, 0.1) is 32.7 Å². The summed E-state index contributed by atoms with van der Waals surface area (Å²) in [6.45, 7) is 13.2. The Bertz CT molecular complexity index is 2780. The molecule has 4 aliphatic rings. The highest BCUT2D eigenvalue weighted by molar-refractivity contribution is 7.92. The van der Waals surface area contributed by atoms with Crippen LogP contribution in [0.5, 0.6) is 0 Å². The van der Waals surface area contributed by atoms with Crippen molar-refractivity contribution < 1.29 is 22.4 Å². The van der Waals surface area contributed by atoms with Crippen LogP contribution in [0.15, 0.2) is 65.7 Å². The number of hydrogen-bond donors (Lipinski definition) is 3. The zero-order valence-electron chi connectivity index (χ0n) is 37.5. The minimum absolute atomic E-state index is 0.103. The van der Waals surface area contributed by atoms with E-state index in [9.17, 15) is 22.8 Å². The monoisotopic (exact) mass is 923 g/mol. The number of nitrogens with one attached hydrogen (secondary N) is 3. The SMILES string of the molecule is CCCS(=O)(=O)Nc1cccc(-c2nc(C(C)(C)C)sc2-c2ccnc(NC3CC4(CCN(CC5CCN(c6ccc7c(=O)n([C@@H]8CCC(=O)NC8=O)ccc7c6)CC5)CC4)C3)n2)c1F. The lowest BCUT2D eigenvalue weighted by Crippen LogP contribution is -2.52. The van der Waals surface area contributed by atoms with Crippen molar-refractivity contribution in [2.75, 3.05) is 53.4 Å². The lowest BCUT2D eigenvalue weighted by molar-refractivity contribution is -0.135. The molecule has 344 valence electrons. The quantitative estimate of drug-likeness (QED) is 0.105. The van der Waals surface area contributed by atoms with Crippen molar-refractivity contribution >= 4 is 61.3 Å². The third-order valence-electron chi connectivity index (χ3n) is 13.7. The van der Waals surface area contributed by atoms with Gasteiger partial charge in [0.15, 0.2) is 5.82 Å². The molecule has 0 bridgehead atoms. The van der Waals surface area contributed by atoms with Crippen LogP contribution in [0.4, 0.5) is 21.7 Å². The van der Waals surface area contributed by atoms with Gasteiger partial charge in [-0.1, -0.05) is 33.8 Å². The van der Waals surface area contributed by atoms with E-state index in [1.165, 1.54) is 34.8 Å². The highest BCUT2D eigenvalue weighted by atomic mass is 32.2. The molecule has 1 aliphatic carbocycles. The van der Waals surface area contributed by atoms with Crippen molar-refractivity contribution in [1.82, 2.24) is 29.7 Å². The summed E-state index contributed by atoms with van der Waals surface area (Å²) in [4.78, 5) is 57.6. The van der Waals surface area contributed by atoms with E-state index in [0.717, 1.165) is 74.5 Å². The second-order valence-corrected chi connectivity index (χ2v) is 22.4. The van der Waals surface area contributed by atoms with Gasteiger partial charge in [-0.15, -0.1) is 11.3 Å². The number of rotatable bonds is 12. The maximum Gasteiger partial charge on any atom is 0.259 e. The Morgan fingerprint density at radius 3 is 2.46 bits per heavy atom. The zero-order valence-corrected chi connectivity index (χ0v) is 39.2. The number of likely N-dealkylation sites (tertiary alicyclic amines) is 1. The maximum atomic E-state index is 16.1. The molecule has 1 atom stereocenters. The molecule has 0 unspecified atom stereocenters. The first-order chi connectivity index (χ1) is 31.1. The highest BCUT2D eigenvalue weighted by Crippen LogP contribution is 2.50. The van der Waals surface area contributed by atoms with E-state index in [1.807, 2.05) is 24.3 Å². The number of pyridine rings is 1. The van der Waals surface area contributed by atoms with Gasteiger partial charge in [0, 0.05) is 66.5 Å². The van der Waals surface area contributed by atoms with Gasteiger partial charge < -0.3 is 19.7 Å². The van der Waals surface area contributed by atoms with Crippen LogP contribution >= 0.6 is 11.3 Å². The van der Waals surface area contributed by atoms with E-state index >= 15 is 4.39 Å². The first kappa shape index (κ1) is 44.9. The Morgan fingerprint density at radius 2 is 1.74 bits per heavy atom. The average Bonchev–Trinajstić information content (AvgIpc) is 3.72. The number of benzene rings is 2. The number of carbonyl (C=O) groups is 2. The standard InChI is InChI=1S/C48H58FN9O5S2/c1-5-25-65(62,63)55-36-8-6-7-35(40(36)49)41-42(64-45(54-41)47(2,3)4)37-13-19-50-46(52-37)51-32-27-48(28-32)17-23-56(24-18-48)29-30-14-20-57(21-15-30)33-9-10-34-31(26-33)16-22-58(44(34)61)38-11-12-39(59)53-43(38)60/h6-10,13,16,19,22,26,30,32,38,55H,5,11-12,14-15,17-18,20-21,23-25,27-29H2,1-4H3,(H,50,51,52)(H,53,59,60)/t38-/m1/s1. The molecule has 0 radical (unpaired) electrons. The predicted molar refractivity (Wildman–Crippen MR) is 254 cm³/mol. The van der Waals surface area contributed by atoms with Gasteiger partial charge in [0.2, 0.25) is 27.8 Å². The molecule has 3 aromatic heterocycles. The lowest BCUT2D eigenvalue weighted by Gasteiger charge is -2.52. The summed E-state index contributed by atoms with van der Waals surface area (Å²) in [7, 11) is -3.70. The van der Waals surface area contributed by atoms with Crippen molar-refractivity contribution in [3.05, 3.63) is 82.1 Å². The number of halogens is 1. The molecule has 2 aromatic carbocycles. The zero-order chi connectivity index (χ0) is 45.7. The van der Waals surface area contributed by atoms with Crippen LogP contribution in [-0.4, -0.2) is 89.2 Å². The van der Waals surface area contributed by atoms with Crippen LogP contribution in [0.3, 0.4) is 0 Å². The molecular weight excluding hydrogens is 866 g/mol. The maximum absolute atomic E-state index is 16.1.